The van der Waals surface area contributed by atoms with E-state index in [0.29, 0.717) is 42.1 Å². The normalized spacial score (nSPS) is 13.4. The topological polar surface area (TPSA) is 92.4 Å². The molecule has 47 heavy (non-hydrogen) atoms. The summed E-state index contributed by atoms with van der Waals surface area (Å²) in [5.74, 6) is 1.45. The van der Waals surface area contributed by atoms with Crippen LogP contribution < -0.4 is 24.8 Å². The van der Waals surface area contributed by atoms with Crippen LogP contribution in [0.15, 0.2) is 72.8 Å². The molecule has 9 heteroatoms. The zero-order chi connectivity index (χ0) is 33.3. The lowest BCUT2D eigenvalue weighted by Crippen LogP contribution is -2.43. The van der Waals surface area contributed by atoms with Crippen LogP contribution in [0.25, 0.3) is 0 Å². The number of carbonyl (C=O) groups is 2. The van der Waals surface area contributed by atoms with Gasteiger partial charge in [-0.25, -0.2) is 0 Å². The Morgan fingerprint density at radius 3 is 1.68 bits per heavy atom. The van der Waals surface area contributed by atoms with Gasteiger partial charge >= 0.3 is 0 Å². The monoisotopic (exact) mass is 644 g/mol. The first kappa shape index (κ1) is 35.8. The van der Waals surface area contributed by atoms with Crippen molar-refractivity contribution in [3.05, 3.63) is 83.9 Å². The minimum absolute atomic E-state index is 0.117. The molecular weight excluding hydrogens is 592 g/mol. The van der Waals surface area contributed by atoms with Gasteiger partial charge in [-0.2, -0.15) is 0 Å². The number of amides is 2. The van der Waals surface area contributed by atoms with Crippen molar-refractivity contribution >= 4 is 17.5 Å². The van der Waals surface area contributed by atoms with E-state index in [0.717, 1.165) is 57.3 Å². The molecule has 0 atom stereocenters. The maximum Gasteiger partial charge on any atom is 0.238 e. The number of hydrogen-bond acceptors (Lipinski definition) is 7. The average molecular weight is 645 g/mol. The number of methoxy groups -OCH3 is 3. The van der Waals surface area contributed by atoms with E-state index >= 15 is 0 Å². The number of rotatable bonds is 19. The molecule has 0 aliphatic heterocycles. The van der Waals surface area contributed by atoms with E-state index in [2.05, 4.69) is 56.8 Å². The summed E-state index contributed by atoms with van der Waals surface area (Å²) in [7, 11) is 4.66. The minimum Gasteiger partial charge on any atom is -0.493 e. The van der Waals surface area contributed by atoms with Crippen LogP contribution in [0.2, 0.25) is 0 Å². The van der Waals surface area contributed by atoms with Crippen LogP contribution in [0.4, 0.5) is 5.69 Å². The molecule has 4 rings (SSSR count). The highest BCUT2D eigenvalue weighted by molar-refractivity contribution is 5.93. The van der Waals surface area contributed by atoms with Crippen LogP contribution in [0, 0.1) is 0 Å². The lowest BCUT2D eigenvalue weighted by Gasteiger charge is -2.26. The number of carbonyl (C=O) groups excluding carboxylic acids is 2. The zero-order valence-corrected chi connectivity index (χ0v) is 28.3. The molecule has 0 aromatic heterocycles. The van der Waals surface area contributed by atoms with Crippen molar-refractivity contribution in [2.45, 2.75) is 70.5 Å². The predicted octanol–water partition coefficient (Wildman–Crippen LogP) is 6.27. The van der Waals surface area contributed by atoms with E-state index in [4.69, 9.17) is 14.2 Å². The maximum absolute atomic E-state index is 13.3. The smallest absolute Gasteiger partial charge is 0.238 e. The Morgan fingerprint density at radius 2 is 1.19 bits per heavy atom. The Morgan fingerprint density at radius 1 is 0.681 bits per heavy atom. The molecule has 1 aliphatic carbocycles. The third kappa shape index (κ3) is 12.2. The van der Waals surface area contributed by atoms with Gasteiger partial charge in [-0.1, -0.05) is 86.3 Å². The van der Waals surface area contributed by atoms with Gasteiger partial charge in [0.25, 0.3) is 0 Å². The highest BCUT2D eigenvalue weighted by Crippen LogP contribution is 2.39. The van der Waals surface area contributed by atoms with Crippen LogP contribution in [0.1, 0.15) is 62.5 Å². The van der Waals surface area contributed by atoms with Crippen molar-refractivity contribution in [2.24, 2.45) is 0 Å². The molecule has 2 N–H and O–H groups in total. The number of hydrogen-bond donors (Lipinski definition) is 2. The van der Waals surface area contributed by atoms with Crippen molar-refractivity contribution in [3.8, 4) is 17.2 Å². The molecule has 3 aromatic carbocycles. The van der Waals surface area contributed by atoms with Crippen LogP contribution in [-0.4, -0.2) is 75.2 Å². The highest BCUT2D eigenvalue weighted by Gasteiger charge is 2.19. The third-order valence-corrected chi connectivity index (χ3v) is 8.60. The molecule has 0 radical (unpaired) electrons. The van der Waals surface area contributed by atoms with Gasteiger partial charge in [0.15, 0.2) is 11.5 Å². The fourth-order valence-electron chi connectivity index (χ4n) is 6.24. The average Bonchev–Trinajstić information content (AvgIpc) is 3.08. The molecule has 0 bridgehead atoms. The first-order valence-corrected chi connectivity index (χ1v) is 16.9. The van der Waals surface area contributed by atoms with Crippen molar-refractivity contribution in [3.63, 3.8) is 0 Å². The van der Waals surface area contributed by atoms with E-state index in [9.17, 15) is 9.59 Å². The summed E-state index contributed by atoms with van der Waals surface area (Å²) < 4.78 is 16.3. The van der Waals surface area contributed by atoms with Crippen LogP contribution in [-0.2, 0) is 22.7 Å². The van der Waals surface area contributed by atoms with E-state index in [1.54, 1.807) is 33.5 Å². The van der Waals surface area contributed by atoms with E-state index < -0.39 is 0 Å². The molecule has 9 nitrogen and oxygen atoms in total. The molecule has 0 spiro atoms. The molecule has 0 saturated heterocycles. The SMILES string of the molecule is COc1cc(NC(=O)CN(CCCCCN(CC(=O)NC2CCCCC2)Cc2ccccc2)Cc2ccccc2)cc(OC)c1OC. The number of benzene rings is 3. The van der Waals surface area contributed by atoms with E-state index in [1.165, 1.54) is 24.8 Å². The molecule has 3 aromatic rings. The summed E-state index contributed by atoms with van der Waals surface area (Å²) in [5, 5.41) is 6.29. The van der Waals surface area contributed by atoms with Gasteiger partial charge in [-0.05, 0) is 49.9 Å². The van der Waals surface area contributed by atoms with Gasteiger partial charge < -0.3 is 24.8 Å². The number of unbranched alkanes of at least 4 members (excludes halogenated alkanes) is 2. The fourth-order valence-corrected chi connectivity index (χ4v) is 6.24. The summed E-state index contributed by atoms with van der Waals surface area (Å²) in [6, 6.07) is 24.4. The van der Waals surface area contributed by atoms with Gasteiger partial charge in [0.1, 0.15) is 0 Å². The van der Waals surface area contributed by atoms with Gasteiger partial charge in [-0.3, -0.25) is 19.4 Å². The largest absolute Gasteiger partial charge is 0.493 e. The molecule has 0 heterocycles. The Labute approximate surface area is 280 Å². The quantitative estimate of drug-likeness (QED) is 0.149. The second-order valence-corrected chi connectivity index (χ2v) is 12.3. The van der Waals surface area contributed by atoms with Crippen molar-refractivity contribution in [1.29, 1.82) is 0 Å². The number of ether oxygens (including phenoxy) is 3. The Bertz CT molecular complexity index is 1340. The molecule has 1 saturated carbocycles. The summed E-state index contributed by atoms with van der Waals surface area (Å²) in [6.45, 7) is 3.69. The second kappa shape index (κ2) is 19.6. The standard InChI is InChI=1S/C38H52N4O5/c1-45-34-24-33(25-35(46-2)38(34)47-3)40-37(44)29-42(27-31-18-10-5-11-19-31)23-15-7-14-22-41(26-30-16-8-4-9-17-30)28-36(43)39-32-20-12-6-13-21-32/h4-5,8-11,16-19,24-25,32H,6-7,12-15,20-23,26-29H2,1-3H3,(H,39,43)(H,40,44). The molecule has 1 aliphatic rings. The second-order valence-electron chi connectivity index (χ2n) is 12.3. The first-order chi connectivity index (χ1) is 23.0. The molecular formula is C38H52N4O5. The number of anilines is 1. The number of nitrogens with zero attached hydrogens (tertiary/aromatic N) is 2. The Hall–Kier alpha value is -4.08. The van der Waals surface area contributed by atoms with Crippen LogP contribution in [0.5, 0.6) is 17.2 Å². The minimum atomic E-state index is -0.117. The zero-order valence-electron chi connectivity index (χ0n) is 28.3. The summed E-state index contributed by atoms with van der Waals surface area (Å²) in [5.41, 5.74) is 2.95. The lowest BCUT2D eigenvalue weighted by molar-refractivity contribution is -0.123. The van der Waals surface area contributed by atoms with Gasteiger partial charge in [0, 0.05) is 37.0 Å². The Kier molecular flexibility index (Phi) is 14.9. The van der Waals surface area contributed by atoms with Crippen molar-refractivity contribution in [1.82, 2.24) is 15.1 Å². The van der Waals surface area contributed by atoms with Gasteiger partial charge in [0.05, 0.1) is 34.4 Å². The summed E-state index contributed by atoms with van der Waals surface area (Å²) in [6.07, 6.45) is 8.76. The predicted molar refractivity (Wildman–Crippen MR) is 187 cm³/mol. The van der Waals surface area contributed by atoms with Crippen molar-refractivity contribution < 1.29 is 23.8 Å². The van der Waals surface area contributed by atoms with Gasteiger partial charge in [-0.15, -0.1) is 0 Å². The fraction of sp³-hybridized carbons (Fsp3) is 0.474. The lowest BCUT2D eigenvalue weighted by atomic mass is 9.95. The summed E-state index contributed by atoms with van der Waals surface area (Å²) >= 11 is 0. The Balaban J connectivity index is 1.31. The highest BCUT2D eigenvalue weighted by atomic mass is 16.5. The summed E-state index contributed by atoms with van der Waals surface area (Å²) in [4.78, 5) is 30.7. The maximum atomic E-state index is 13.3. The molecule has 254 valence electrons. The van der Waals surface area contributed by atoms with Crippen molar-refractivity contribution in [2.75, 3.05) is 52.8 Å². The molecule has 0 unspecified atom stereocenters. The van der Waals surface area contributed by atoms with Crippen LogP contribution >= 0.6 is 0 Å². The van der Waals surface area contributed by atoms with E-state index in [1.807, 2.05) is 24.3 Å². The van der Waals surface area contributed by atoms with E-state index in [-0.39, 0.29) is 18.4 Å². The molecule has 2 amide bonds. The number of nitrogens with one attached hydrogen (secondary N) is 2. The van der Waals surface area contributed by atoms with Crippen LogP contribution in [0.3, 0.4) is 0 Å². The molecule has 1 fully saturated rings. The third-order valence-electron chi connectivity index (χ3n) is 8.60. The van der Waals surface area contributed by atoms with Gasteiger partial charge in [0.2, 0.25) is 17.6 Å². The first-order valence-electron chi connectivity index (χ1n) is 16.9.